The Morgan fingerprint density at radius 1 is 1.53 bits per heavy atom. The number of ether oxygens (including phenoxy) is 1. The highest BCUT2D eigenvalue weighted by Crippen LogP contribution is 2.24. The molecule has 0 amide bonds. The zero-order valence-electron chi connectivity index (χ0n) is 9.16. The molecule has 4 nitrogen and oxygen atoms in total. The lowest BCUT2D eigenvalue weighted by molar-refractivity contribution is 0.196. The van der Waals surface area contributed by atoms with E-state index in [1.54, 1.807) is 7.11 Å². The molecule has 0 saturated heterocycles. The number of methoxy groups -OCH3 is 1. The van der Waals surface area contributed by atoms with Gasteiger partial charge in [-0.05, 0) is 24.6 Å². The molecule has 84 valence electrons. The van der Waals surface area contributed by atoms with Crippen LogP contribution in [0.25, 0.3) is 0 Å². The molecule has 4 N–H and O–H groups in total. The van der Waals surface area contributed by atoms with Crippen molar-refractivity contribution in [2.24, 2.45) is 5.73 Å². The number of hydrogen-bond donors (Lipinski definition) is 3. The predicted molar refractivity (Wildman–Crippen MR) is 61.3 cm³/mol. The first-order valence-electron chi connectivity index (χ1n) is 4.94. The topological polar surface area (TPSA) is 67.5 Å². The van der Waals surface area contributed by atoms with Gasteiger partial charge in [0.2, 0.25) is 0 Å². The van der Waals surface area contributed by atoms with Gasteiger partial charge in [0.25, 0.3) is 0 Å². The number of aliphatic hydroxyl groups is 1. The van der Waals surface area contributed by atoms with Crippen LogP contribution in [0.4, 0.5) is 5.69 Å². The molecule has 0 fully saturated rings. The quantitative estimate of drug-likeness (QED) is 0.670. The van der Waals surface area contributed by atoms with Crippen molar-refractivity contribution < 1.29 is 9.84 Å². The second kappa shape index (κ2) is 5.58. The third-order valence-electron chi connectivity index (χ3n) is 2.16. The Kier molecular flexibility index (Phi) is 4.39. The fourth-order valence-electron chi connectivity index (χ4n) is 1.27. The molecule has 1 unspecified atom stereocenters. The molecule has 0 bridgehead atoms. The summed E-state index contributed by atoms with van der Waals surface area (Å²) in [7, 11) is 1.62. The van der Waals surface area contributed by atoms with Gasteiger partial charge in [0.05, 0.1) is 18.9 Å². The van der Waals surface area contributed by atoms with Gasteiger partial charge in [-0.1, -0.05) is 6.07 Å². The van der Waals surface area contributed by atoms with Crippen molar-refractivity contribution >= 4 is 5.69 Å². The summed E-state index contributed by atoms with van der Waals surface area (Å²) in [5, 5.41) is 12.4. The van der Waals surface area contributed by atoms with Crippen LogP contribution in [0, 0.1) is 6.92 Å². The summed E-state index contributed by atoms with van der Waals surface area (Å²) in [5.74, 6) is 0.768. The monoisotopic (exact) mass is 210 g/mol. The highest BCUT2D eigenvalue weighted by Gasteiger charge is 2.05. The largest absolute Gasteiger partial charge is 0.495 e. The fourth-order valence-corrected chi connectivity index (χ4v) is 1.27. The molecule has 0 aliphatic heterocycles. The van der Waals surface area contributed by atoms with Crippen LogP contribution in [0.3, 0.4) is 0 Å². The van der Waals surface area contributed by atoms with Crippen molar-refractivity contribution in [3.63, 3.8) is 0 Å². The summed E-state index contributed by atoms with van der Waals surface area (Å²) in [4.78, 5) is 0. The van der Waals surface area contributed by atoms with Crippen molar-refractivity contribution in [1.82, 2.24) is 0 Å². The van der Waals surface area contributed by atoms with E-state index in [1.807, 2.05) is 25.1 Å². The summed E-state index contributed by atoms with van der Waals surface area (Å²) in [6.07, 6.45) is -0.532. The van der Waals surface area contributed by atoms with Crippen LogP contribution in [-0.2, 0) is 0 Å². The molecule has 1 atom stereocenters. The molecule has 1 aromatic carbocycles. The van der Waals surface area contributed by atoms with E-state index in [9.17, 15) is 5.11 Å². The number of rotatable bonds is 5. The third kappa shape index (κ3) is 3.42. The van der Waals surface area contributed by atoms with Gasteiger partial charge in [0, 0.05) is 13.1 Å². The second-order valence-corrected chi connectivity index (χ2v) is 3.47. The normalized spacial score (nSPS) is 12.3. The molecule has 15 heavy (non-hydrogen) atoms. The number of benzene rings is 1. The van der Waals surface area contributed by atoms with E-state index in [0.29, 0.717) is 6.54 Å². The minimum atomic E-state index is -0.532. The maximum Gasteiger partial charge on any atom is 0.141 e. The number of nitrogens with one attached hydrogen (secondary N) is 1. The summed E-state index contributed by atoms with van der Waals surface area (Å²) >= 11 is 0. The van der Waals surface area contributed by atoms with Crippen LogP contribution >= 0.6 is 0 Å². The maximum absolute atomic E-state index is 9.32. The van der Waals surface area contributed by atoms with Gasteiger partial charge < -0.3 is 20.9 Å². The highest BCUT2D eigenvalue weighted by atomic mass is 16.5. The zero-order chi connectivity index (χ0) is 11.3. The van der Waals surface area contributed by atoms with Crippen LogP contribution in [0.5, 0.6) is 5.75 Å². The average Bonchev–Trinajstić information content (AvgIpc) is 2.26. The van der Waals surface area contributed by atoms with E-state index in [4.69, 9.17) is 10.5 Å². The van der Waals surface area contributed by atoms with Gasteiger partial charge in [-0.15, -0.1) is 0 Å². The van der Waals surface area contributed by atoms with Crippen LogP contribution in [0.2, 0.25) is 0 Å². The number of nitrogens with two attached hydrogens (primary N) is 1. The summed E-state index contributed by atoms with van der Waals surface area (Å²) in [5.41, 5.74) is 7.33. The van der Waals surface area contributed by atoms with E-state index >= 15 is 0 Å². The van der Waals surface area contributed by atoms with Gasteiger partial charge in [-0.3, -0.25) is 0 Å². The summed E-state index contributed by atoms with van der Waals surface area (Å²) in [6.45, 7) is 2.68. The fraction of sp³-hybridized carbons (Fsp3) is 0.455. The molecule has 0 aliphatic carbocycles. The van der Waals surface area contributed by atoms with Crippen molar-refractivity contribution in [2.75, 3.05) is 25.5 Å². The van der Waals surface area contributed by atoms with E-state index < -0.39 is 6.10 Å². The molecule has 0 aromatic heterocycles. The maximum atomic E-state index is 9.32. The molecule has 0 saturated carbocycles. The number of hydrogen-bond acceptors (Lipinski definition) is 4. The molecule has 0 spiro atoms. The van der Waals surface area contributed by atoms with Crippen LogP contribution in [-0.4, -0.2) is 31.4 Å². The van der Waals surface area contributed by atoms with Gasteiger partial charge >= 0.3 is 0 Å². The van der Waals surface area contributed by atoms with Crippen LogP contribution in [0.1, 0.15) is 5.56 Å². The standard InChI is InChI=1S/C11H18N2O2/c1-8-3-4-11(15-2)10(5-8)13-7-9(14)6-12/h3-5,9,13-14H,6-7,12H2,1-2H3. The first kappa shape index (κ1) is 11.8. The van der Waals surface area contributed by atoms with Gasteiger partial charge in [-0.2, -0.15) is 0 Å². The zero-order valence-corrected chi connectivity index (χ0v) is 9.16. The Balaban J connectivity index is 2.69. The Labute approximate surface area is 90.1 Å². The smallest absolute Gasteiger partial charge is 0.141 e. The van der Waals surface area contributed by atoms with E-state index in [2.05, 4.69) is 5.32 Å². The van der Waals surface area contributed by atoms with Crippen molar-refractivity contribution in [1.29, 1.82) is 0 Å². The molecule has 1 rings (SSSR count). The Morgan fingerprint density at radius 2 is 2.27 bits per heavy atom. The lowest BCUT2D eigenvalue weighted by Gasteiger charge is -2.14. The molecular weight excluding hydrogens is 192 g/mol. The Bertz CT molecular complexity index is 315. The molecular formula is C11H18N2O2. The van der Waals surface area contributed by atoms with E-state index in [-0.39, 0.29) is 6.54 Å². The van der Waals surface area contributed by atoms with Crippen molar-refractivity contribution in [3.8, 4) is 5.75 Å². The van der Waals surface area contributed by atoms with Gasteiger partial charge in [-0.25, -0.2) is 0 Å². The predicted octanol–water partition coefficient (Wildman–Crippen LogP) is 0.735. The SMILES string of the molecule is COc1ccc(C)cc1NCC(O)CN. The minimum Gasteiger partial charge on any atom is -0.495 e. The van der Waals surface area contributed by atoms with Crippen LogP contribution in [0.15, 0.2) is 18.2 Å². The lowest BCUT2D eigenvalue weighted by Crippen LogP contribution is -2.27. The Hall–Kier alpha value is -1.26. The number of aryl methyl sites for hydroxylation is 1. The first-order valence-corrected chi connectivity index (χ1v) is 4.94. The van der Waals surface area contributed by atoms with Crippen LogP contribution < -0.4 is 15.8 Å². The van der Waals surface area contributed by atoms with E-state index in [0.717, 1.165) is 17.0 Å². The second-order valence-electron chi connectivity index (χ2n) is 3.47. The Morgan fingerprint density at radius 3 is 2.87 bits per heavy atom. The molecule has 0 radical (unpaired) electrons. The van der Waals surface area contributed by atoms with Crippen molar-refractivity contribution in [2.45, 2.75) is 13.0 Å². The summed E-state index contributed by atoms with van der Waals surface area (Å²) in [6, 6.07) is 5.85. The molecule has 0 heterocycles. The van der Waals surface area contributed by atoms with Crippen molar-refractivity contribution in [3.05, 3.63) is 23.8 Å². The third-order valence-corrected chi connectivity index (χ3v) is 2.16. The van der Waals surface area contributed by atoms with E-state index in [1.165, 1.54) is 0 Å². The lowest BCUT2D eigenvalue weighted by atomic mass is 10.2. The molecule has 0 aliphatic rings. The first-order chi connectivity index (χ1) is 7.17. The minimum absolute atomic E-state index is 0.251. The molecule has 1 aromatic rings. The highest BCUT2D eigenvalue weighted by molar-refractivity contribution is 5.58. The van der Waals surface area contributed by atoms with Gasteiger partial charge in [0.15, 0.2) is 0 Å². The number of anilines is 1. The summed E-state index contributed by atoms with van der Waals surface area (Å²) < 4.78 is 5.19. The molecule has 4 heteroatoms. The average molecular weight is 210 g/mol. The van der Waals surface area contributed by atoms with Gasteiger partial charge in [0.1, 0.15) is 5.75 Å². The number of aliphatic hydroxyl groups excluding tert-OH is 1.